The highest BCUT2D eigenvalue weighted by Gasteiger charge is 2.32. The van der Waals surface area contributed by atoms with Crippen LogP contribution < -0.4 is 5.32 Å². The maximum Gasteiger partial charge on any atom is 0.273 e. The van der Waals surface area contributed by atoms with Crippen molar-refractivity contribution < 1.29 is 4.79 Å². The summed E-state index contributed by atoms with van der Waals surface area (Å²) in [6, 6.07) is 10.4. The SMILES string of the molecule is O=C(c1nccc2ccccc12)N1CCC(N2CCNCC2)C1. The van der Waals surface area contributed by atoms with Crippen LogP contribution in [0.4, 0.5) is 0 Å². The highest BCUT2D eigenvalue weighted by Crippen LogP contribution is 2.22. The Bertz CT molecular complexity index is 706. The molecule has 120 valence electrons. The van der Waals surface area contributed by atoms with E-state index in [9.17, 15) is 4.79 Å². The number of carbonyl (C=O) groups is 1. The van der Waals surface area contributed by atoms with E-state index < -0.39 is 0 Å². The number of nitrogens with zero attached hydrogens (tertiary/aromatic N) is 3. The first-order valence-electron chi connectivity index (χ1n) is 8.41. The number of aromatic nitrogens is 1. The number of likely N-dealkylation sites (tertiary alicyclic amines) is 1. The summed E-state index contributed by atoms with van der Waals surface area (Å²) >= 11 is 0. The second-order valence-electron chi connectivity index (χ2n) is 6.36. The van der Waals surface area contributed by atoms with Crippen molar-refractivity contribution in [2.24, 2.45) is 0 Å². The fraction of sp³-hybridized carbons (Fsp3) is 0.444. The number of rotatable bonds is 2. The van der Waals surface area contributed by atoms with Gasteiger partial charge in [-0.1, -0.05) is 24.3 Å². The normalized spacial score (nSPS) is 22.6. The van der Waals surface area contributed by atoms with Crippen molar-refractivity contribution in [2.45, 2.75) is 12.5 Å². The monoisotopic (exact) mass is 310 g/mol. The Labute approximate surface area is 136 Å². The lowest BCUT2D eigenvalue weighted by atomic mass is 10.1. The van der Waals surface area contributed by atoms with Crippen molar-refractivity contribution in [3.63, 3.8) is 0 Å². The first kappa shape index (κ1) is 14.6. The minimum atomic E-state index is 0.0689. The number of benzene rings is 1. The van der Waals surface area contributed by atoms with E-state index in [1.807, 2.05) is 35.2 Å². The van der Waals surface area contributed by atoms with Gasteiger partial charge < -0.3 is 10.2 Å². The van der Waals surface area contributed by atoms with Gasteiger partial charge in [-0.25, -0.2) is 0 Å². The van der Waals surface area contributed by atoms with Crippen molar-refractivity contribution in [1.29, 1.82) is 0 Å². The van der Waals surface area contributed by atoms with Gasteiger partial charge in [0.2, 0.25) is 0 Å². The average molecular weight is 310 g/mol. The second-order valence-corrected chi connectivity index (χ2v) is 6.36. The molecule has 1 unspecified atom stereocenters. The molecule has 1 amide bonds. The van der Waals surface area contributed by atoms with Crippen molar-refractivity contribution in [3.05, 3.63) is 42.2 Å². The standard InChI is InChI=1S/C18H22N4O/c23-18(17-16-4-2-1-3-14(16)5-7-20-17)22-10-6-15(13-22)21-11-8-19-9-12-21/h1-5,7,15,19H,6,8-13H2. The Balaban J connectivity index is 1.53. The minimum absolute atomic E-state index is 0.0689. The van der Waals surface area contributed by atoms with Gasteiger partial charge in [0.15, 0.2) is 0 Å². The van der Waals surface area contributed by atoms with Gasteiger partial charge in [0.05, 0.1) is 0 Å². The van der Waals surface area contributed by atoms with E-state index in [4.69, 9.17) is 0 Å². The molecule has 0 bridgehead atoms. The van der Waals surface area contributed by atoms with Crippen LogP contribution in [-0.2, 0) is 0 Å². The van der Waals surface area contributed by atoms with E-state index in [0.717, 1.165) is 56.5 Å². The lowest BCUT2D eigenvalue weighted by molar-refractivity contribution is 0.0770. The van der Waals surface area contributed by atoms with Gasteiger partial charge in [-0.3, -0.25) is 14.7 Å². The molecule has 5 nitrogen and oxygen atoms in total. The molecule has 2 fully saturated rings. The average Bonchev–Trinajstić information content (AvgIpc) is 3.11. The predicted octanol–water partition coefficient (Wildman–Crippen LogP) is 1.35. The van der Waals surface area contributed by atoms with Crippen LogP contribution in [0.2, 0.25) is 0 Å². The predicted molar refractivity (Wildman–Crippen MR) is 90.5 cm³/mol. The third-order valence-electron chi connectivity index (χ3n) is 4.99. The molecule has 4 rings (SSSR count). The van der Waals surface area contributed by atoms with Gasteiger partial charge >= 0.3 is 0 Å². The molecule has 0 aliphatic carbocycles. The molecule has 3 heterocycles. The maximum atomic E-state index is 12.9. The Morgan fingerprint density at radius 2 is 1.96 bits per heavy atom. The highest BCUT2D eigenvalue weighted by atomic mass is 16.2. The van der Waals surface area contributed by atoms with Crippen LogP contribution in [0.1, 0.15) is 16.9 Å². The fourth-order valence-electron chi connectivity index (χ4n) is 3.71. The van der Waals surface area contributed by atoms with Crippen LogP contribution in [0.5, 0.6) is 0 Å². The zero-order valence-electron chi connectivity index (χ0n) is 13.2. The lowest BCUT2D eigenvalue weighted by Crippen LogP contribution is -2.49. The van der Waals surface area contributed by atoms with Crippen LogP contribution in [-0.4, -0.2) is 66.0 Å². The van der Waals surface area contributed by atoms with E-state index in [1.54, 1.807) is 6.20 Å². The van der Waals surface area contributed by atoms with E-state index in [-0.39, 0.29) is 5.91 Å². The summed E-state index contributed by atoms with van der Waals surface area (Å²) in [6.45, 7) is 5.92. The first-order valence-corrected chi connectivity index (χ1v) is 8.41. The molecule has 2 saturated heterocycles. The zero-order chi connectivity index (χ0) is 15.6. The van der Waals surface area contributed by atoms with Crippen LogP contribution in [0.15, 0.2) is 36.5 Å². The number of amides is 1. The maximum absolute atomic E-state index is 12.9. The topological polar surface area (TPSA) is 48.5 Å². The largest absolute Gasteiger partial charge is 0.336 e. The van der Waals surface area contributed by atoms with Gasteiger partial charge in [0.25, 0.3) is 5.91 Å². The van der Waals surface area contributed by atoms with E-state index >= 15 is 0 Å². The molecular weight excluding hydrogens is 288 g/mol. The first-order chi connectivity index (χ1) is 11.3. The van der Waals surface area contributed by atoms with Crippen LogP contribution >= 0.6 is 0 Å². The van der Waals surface area contributed by atoms with Gasteiger partial charge in [-0.2, -0.15) is 0 Å². The number of hydrogen-bond acceptors (Lipinski definition) is 4. The minimum Gasteiger partial charge on any atom is -0.336 e. The fourth-order valence-corrected chi connectivity index (χ4v) is 3.71. The molecule has 1 atom stereocenters. The van der Waals surface area contributed by atoms with Crippen LogP contribution in [0.25, 0.3) is 10.8 Å². The van der Waals surface area contributed by atoms with Gasteiger partial charge in [-0.05, 0) is 17.9 Å². The Morgan fingerprint density at radius 1 is 1.13 bits per heavy atom. The van der Waals surface area contributed by atoms with Crippen molar-refractivity contribution in [1.82, 2.24) is 20.1 Å². The molecular formula is C18H22N4O. The molecule has 5 heteroatoms. The Morgan fingerprint density at radius 3 is 2.83 bits per heavy atom. The molecule has 0 saturated carbocycles. The van der Waals surface area contributed by atoms with E-state index in [2.05, 4.69) is 15.2 Å². The summed E-state index contributed by atoms with van der Waals surface area (Å²) in [6.07, 6.45) is 2.80. The molecule has 1 N–H and O–H groups in total. The van der Waals surface area contributed by atoms with Crippen LogP contribution in [0.3, 0.4) is 0 Å². The number of carbonyl (C=O) groups excluding carboxylic acids is 1. The van der Waals surface area contributed by atoms with Crippen LogP contribution in [0, 0.1) is 0 Å². The molecule has 2 aliphatic heterocycles. The Kier molecular flexibility index (Phi) is 3.97. The van der Waals surface area contributed by atoms with E-state index in [1.165, 1.54) is 0 Å². The molecule has 2 aliphatic rings. The summed E-state index contributed by atoms with van der Waals surface area (Å²) < 4.78 is 0. The molecule has 1 aromatic heterocycles. The number of pyridine rings is 1. The summed E-state index contributed by atoms with van der Waals surface area (Å²) in [7, 11) is 0. The third kappa shape index (κ3) is 2.82. The van der Waals surface area contributed by atoms with Crippen molar-refractivity contribution in [2.75, 3.05) is 39.3 Å². The summed E-state index contributed by atoms with van der Waals surface area (Å²) in [4.78, 5) is 21.8. The number of nitrogens with one attached hydrogen (secondary N) is 1. The molecule has 23 heavy (non-hydrogen) atoms. The lowest BCUT2D eigenvalue weighted by Gasteiger charge is -2.32. The second kappa shape index (κ2) is 6.26. The smallest absolute Gasteiger partial charge is 0.273 e. The zero-order valence-corrected chi connectivity index (χ0v) is 13.2. The van der Waals surface area contributed by atoms with Crippen molar-refractivity contribution in [3.8, 4) is 0 Å². The molecule has 2 aromatic rings. The summed E-state index contributed by atoms with van der Waals surface area (Å²) in [5.41, 5.74) is 0.587. The number of piperazine rings is 1. The summed E-state index contributed by atoms with van der Waals surface area (Å²) in [5, 5.41) is 5.41. The molecule has 1 aromatic carbocycles. The molecule has 0 spiro atoms. The quantitative estimate of drug-likeness (QED) is 0.910. The third-order valence-corrected chi connectivity index (χ3v) is 4.99. The number of hydrogen-bond donors (Lipinski definition) is 1. The highest BCUT2D eigenvalue weighted by molar-refractivity contribution is 6.05. The van der Waals surface area contributed by atoms with Gasteiger partial charge in [0.1, 0.15) is 5.69 Å². The van der Waals surface area contributed by atoms with E-state index in [0.29, 0.717) is 11.7 Å². The van der Waals surface area contributed by atoms with Gasteiger partial charge in [0, 0.05) is 56.9 Å². The van der Waals surface area contributed by atoms with Gasteiger partial charge in [-0.15, -0.1) is 0 Å². The Hall–Kier alpha value is -1.98. The molecule has 0 radical (unpaired) electrons. The summed E-state index contributed by atoms with van der Waals surface area (Å²) in [5.74, 6) is 0.0689. The number of fused-ring (bicyclic) bond motifs is 1. The van der Waals surface area contributed by atoms with Crippen molar-refractivity contribution >= 4 is 16.7 Å².